The van der Waals surface area contributed by atoms with Gasteiger partial charge in [-0.05, 0) is 31.4 Å². The summed E-state index contributed by atoms with van der Waals surface area (Å²) in [6.07, 6.45) is 1.11. The average Bonchev–Trinajstić information content (AvgIpc) is 2.79. The molecule has 3 heteroatoms. The van der Waals surface area contributed by atoms with Crippen LogP contribution in [0.1, 0.15) is 30.6 Å². The number of hydrogen-bond acceptors (Lipinski definition) is 3. The van der Waals surface area contributed by atoms with Crippen molar-refractivity contribution in [1.82, 2.24) is 0 Å². The van der Waals surface area contributed by atoms with Crippen LogP contribution in [-0.2, 0) is 9.47 Å². The Kier molecular flexibility index (Phi) is 4.15. The molecule has 3 nitrogen and oxygen atoms in total. The number of nitrogens with two attached hydrogens (primary N) is 1. The number of rotatable bonds is 4. The van der Waals surface area contributed by atoms with Crippen LogP contribution in [0.15, 0.2) is 24.3 Å². The summed E-state index contributed by atoms with van der Waals surface area (Å²) in [5.74, 6) is 0. The standard InChI is InChI=1S/C14H21NO2/c1-10-5-3-4-6-13(10)14(11(2)15)17-12-7-8-16-9-12/h3-6,11-12,14H,7-9,15H2,1-2H3. The third-order valence-corrected chi connectivity index (χ3v) is 3.20. The van der Waals surface area contributed by atoms with Gasteiger partial charge in [0, 0.05) is 12.6 Å². The van der Waals surface area contributed by atoms with E-state index in [1.165, 1.54) is 11.1 Å². The smallest absolute Gasteiger partial charge is 0.0980 e. The molecule has 94 valence electrons. The Morgan fingerprint density at radius 3 is 2.76 bits per heavy atom. The Labute approximate surface area is 103 Å². The fraction of sp³-hybridized carbons (Fsp3) is 0.571. The molecule has 1 aliphatic heterocycles. The zero-order valence-electron chi connectivity index (χ0n) is 10.6. The highest BCUT2D eigenvalue weighted by molar-refractivity contribution is 5.28. The topological polar surface area (TPSA) is 44.5 Å². The third-order valence-electron chi connectivity index (χ3n) is 3.20. The van der Waals surface area contributed by atoms with E-state index in [4.69, 9.17) is 15.2 Å². The van der Waals surface area contributed by atoms with Crippen molar-refractivity contribution < 1.29 is 9.47 Å². The highest BCUT2D eigenvalue weighted by atomic mass is 16.6. The first-order valence-corrected chi connectivity index (χ1v) is 6.23. The van der Waals surface area contributed by atoms with Crippen LogP contribution < -0.4 is 5.73 Å². The van der Waals surface area contributed by atoms with E-state index in [9.17, 15) is 0 Å². The van der Waals surface area contributed by atoms with Crippen LogP contribution in [0.25, 0.3) is 0 Å². The first-order valence-electron chi connectivity index (χ1n) is 6.23. The van der Waals surface area contributed by atoms with E-state index >= 15 is 0 Å². The minimum atomic E-state index is -0.0390. The largest absolute Gasteiger partial charge is 0.379 e. The summed E-state index contributed by atoms with van der Waals surface area (Å²) >= 11 is 0. The monoisotopic (exact) mass is 235 g/mol. The van der Waals surface area contributed by atoms with Gasteiger partial charge in [0.2, 0.25) is 0 Å². The van der Waals surface area contributed by atoms with Crippen LogP contribution >= 0.6 is 0 Å². The first-order chi connectivity index (χ1) is 8.18. The molecule has 2 N–H and O–H groups in total. The molecule has 0 amide bonds. The highest BCUT2D eigenvalue weighted by Crippen LogP contribution is 2.27. The maximum Gasteiger partial charge on any atom is 0.0980 e. The second kappa shape index (κ2) is 5.63. The van der Waals surface area contributed by atoms with Crippen LogP contribution in [0.4, 0.5) is 0 Å². The van der Waals surface area contributed by atoms with Crippen molar-refractivity contribution in [3.05, 3.63) is 35.4 Å². The zero-order chi connectivity index (χ0) is 12.3. The van der Waals surface area contributed by atoms with Gasteiger partial charge in [-0.15, -0.1) is 0 Å². The molecule has 0 aromatic heterocycles. The minimum Gasteiger partial charge on any atom is -0.379 e. The van der Waals surface area contributed by atoms with Crippen molar-refractivity contribution >= 4 is 0 Å². The summed E-state index contributed by atoms with van der Waals surface area (Å²) in [4.78, 5) is 0. The molecule has 0 saturated carbocycles. The van der Waals surface area contributed by atoms with E-state index in [2.05, 4.69) is 19.1 Å². The molecule has 2 rings (SSSR count). The predicted octanol–water partition coefficient (Wildman–Crippen LogP) is 2.19. The normalized spacial score (nSPS) is 23.6. The summed E-state index contributed by atoms with van der Waals surface area (Å²) in [6, 6.07) is 8.25. The van der Waals surface area contributed by atoms with Crippen molar-refractivity contribution in [2.45, 2.75) is 38.5 Å². The molecule has 1 heterocycles. The second-order valence-electron chi connectivity index (χ2n) is 4.76. The van der Waals surface area contributed by atoms with Crippen LogP contribution in [0.3, 0.4) is 0 Å². The Bertz CT molecular complexity index is 359. The van der Waals surface area contributed by atoms with Gasteiger partial charge in [-0.1, -0.05) is 24.3 Å². The van der Waals surface area contributed by atoms with E-state index in [1.54, 1.807) is 0 Å². The van der Waals surface area contributed by atoms with Crippen LogP contribution in [0, 0.1) is 6.92 Å². The van der Waals surface area contributed by atoms with Crippen LogP contribution in [0.2, 0.25) is 0 Å². The Morgan fingerprint density at radius 2 is 2.18 bits per heavy atom. The summed E-state index contributed by atoms with van der Waals surface area (Å²) in [5.41, 5.74) is 8.47. The first kappa shape index (κ1) is 12.6. The van der Waals surface area contributed by atoms with E-state index < -0.39 is 0 Å². The lowest BCUT2D eigenvalue weighted by molar-refractivity contribution is -0.0272. The van der Waals surface area contributed by atoms with Crippen LogP contribution in [0.5, 0.6) is 0 Å². The number of hydrogen-bond donors (Lipinski definition) is 1. The summed E-state index contributed by atoms with van der Waals surface area (Å²) < 4.78 is 11.4. The van der Waals surface area contributed by atoms with Gasteiger partial charge in [0.05, 0.1) is 18.8 Å². The average molecular weight is 235 g/mol. The van der Waals surface area contributed by atoms with Gasteiger partial charge < -0.3 is 15.2 Å². The molecular weight excluding hydrogens is 214 g/mol. The molecule has 1 saturated heterocycles. The van der Waals surface area contributed by atoms with E-state index in [-0.39, 0.29) is 18.2 Å². The second-order valence-corrected chi connectivity index (χ2v) is 4.76. The van der Waals surface area contributed by atoms with E-state index in [1.807, 2.05) is 19.1 Å². The number of ether oxygens (including phenoxy) is 2. The third kappa shape index (κ3) is 3.06. The lowest BCUT2D eigenvalue weighted by Crippen LogP contribution is -2.31. The van der Waals surface area contributed by atoms with Gasteiger partial charge in [0.15, 0.2) is 0 Å². The number of aryl methyl sites for hydroxylation is 1. The molecule has 0 bridgehead atoms. The molecule has 3 atom stereocenters. The zero-order valence-corrected chi connectivity index (χ0v) is 10.6. The molecule has 3 unspecified atom stereocenters. The fourth-order valence-electron chi connectivity index (χ4n) is 2.21. The van der Waals surface area contributed by atoms with Crippen molar-refractivity contribution in [1.29, 1.82) is 0 Å². The van der Waals surface area contributed by atoms with E-state index in [0.717, 1.165) is 13.0 Å². The molecule has 1 aliphatic rings. The molecule has 1 aromatic carbocycles. The molecular formula is C14H21NO2. The molecule has 1 fully saturated rings. The van der Waals surface area contributed by atoms with Gasteiger partial charge in [0.1, 0.15) is 0 Å². The minimum absolute atomic E-state index is 0.0169. The molecule has 1 aromatic rings. The highest BCUT2D eigenvalue weighted by Gasteiger charge is 2.25. The Morgan fingerprint density at radius 1 is 1.41 bits per heavy atom. The van der Waals surface area contributed by atoms with E-state index in [0.29, 0.717) is 6.61 Å². The Hall–Kier alpha value is -0.900. The maximum atomic E-state index is 6.09. The lowest BCUT2D eigenvalue weighted by atomic mass is 9.99. The predicted molar refractivity (Wildman–Crippen MR) is 67.9 cm³/mol. The van der Waals surface area contributed by atoms with Gasteiger partial charge in [-0.2, -0.15) is 0 Å². The van der Waals surface area contributed by atoms with Gasteiger partial charge in [-0.25, -0.2) is 0 Å². The fourth-order valence-corrected chi connectivity index (χ4v) is 2.21. The van der Waals surface area contributed by atoms with Crippen molar-refractivity contribution in [2.24, 2.45) is 5.73 Å². The quantitative estimate of drug-likeness (QED) is 0.870. The lowest BCUT2D eigenvalue weighted by Gasteiger charge is -2.26. The Balaban J connectivity index is 2.14. The number of benzene rings is 1. The summed E-state index contributed by atoms with van der Waals surface area (Å²) in [7, 11) is 0. The molecule has 0 spiro atoms. The molecule has 0 aliphatic carbocycles. The van der Waals surface area contributed by atoms with Gasteiger partial charge in [0.25, 0.3) is 0 Å². The van der Waals surface area contributed by atoms with Crippen LogP contribution in [-0.4, -0.2) is 25.4 Å². The van der Waals surface area contributed by atoms with Gasteiger partial charge >= 0.3 is 0 Å². The van der Waals surface area contributed by atoms with Gasteiger partial charge in [-0.3, -0.25) is 0 Å². The van der Waals surface area contributed by atoms with Crippen molar-refractivity contribution in [2.75, 3.05) is 13.2 Å². The molecule has 17 heavy (non-hydrogen) atoms. The maximum absolute atomic E-state index is 6.09. The summed E-state index contributed by atoms with van der Waals surface area (Å²) in [6.45, 7) is 5.57. The SMILES string of the molecule is Cc1ccccc1C(OC1CCOC1)C(C)N. The summed E-state index contributed by atoms with van der Waals surface area (Å²) in [5, 5.41) is 0. The van der Waals surface area contributed by atoms with Crippen molar-refractivity contribution in [3.63, 3.8) is 0 Å². The molecule has 0 radical (unpaired) electrons. The van der Waals surface area contributed by atoms with Crippen molar-refractivity contribution in [3.8, 4) is 0 Å².